The summed E-state index contributed by atoms with van der Waals surface area (Å²) >= 11 is 0. The van der Waals surface area contributed by atoms with E-state index in [1.807, 2.05) is 36.7 Å². The minimum Gasteiger partial charge on any atom is -0.385 e. The van der Waals surface area contributed by atoms with Crippen molar-refractivity contribution in [3.05, 3.63) is 29.6 Å². The van der Waals surface area contributed by atoms with E-state index in [0.29, 0.717) is 18.8 Å². The highest BCUT2D eigenvalue weighted by atomic mass is 16.3. The molecule has 16 heavy (non-hydrogen) atoms. The normalized spacial score (nSPS) is 13.2. The van der Waals surface area contributed by atoms with Gasteiger partial charge >= 0.3 is 0 Å². The first kappa shape index (κ1) is 11.1. The fourth-order valence-corrected chi connectivity index (χ4v) is 1.91. The van der Waals surface area contributed by atoms with Crippen LogP contribution in [-0.4, -0.2) is 21.2 Å². The largest absolute Gasteiger partial charge is 0.385 e. The molecule has 86 valence electrons. The van der Waals surface area contributed by atoms with Gasteiger partial charge in [0.05, 0.1) is 11.0 Å². The van der Waals surface area contributed by atoms with Crippen LogP contribution in [0.5, 0.6) is 0 Å². The number of nitrogens with zero attached hydrogens (tertiary/aromatic N) is 2. The van der Waals surface area contributed by atoms with Gasteiger partial charge < -0.3 is 15.4 Å². The molecule has 0 fully saturated rings. The number of nitrogens with two attached hydrogens (primary N) is 1. The molecule has 0 saturated heterocycles. The van der Waals surface area contributed by atoms with Crippen molar-refractivity contribution in [1.82, 2.24) is 9.55 Å². The molecular formula is C12H17N3O. The van der Waals surface area contributed by atoms with E-state index in [1.165, 1.54) is 5.56 Å². The summed E-state index contributed by atoms with van der Waals surface area (Å²) in [6, 6.07) is 6.09. The number of aliphatic hydroxyl groups is 1. The van der Waals surface area contributed by atoms with Crippen molar-refractivity contribution >= 4 is 11.0 Å². The standard InChI is InChI=1S/C12H17N3O/c1-8-3-4-10-9(7-8)14-12(15(10)2)11(16)5-6-13/h3-4,7,11,16H,5-6,13H2,1-2H3. The number of aryl methyl sites for hydroxylation is 2. The molecule has 0 aliphatic carbocycles. The van der Waals surface area contributed by atoms with Gasteiger partial charge in [-0.05, 0) is 37.6 Å². The second-order valence-electron chi connectivity index (χ2n) is 4.11. The lowest BCUT2D eigenvalue weighted by Gasteiger charge is -2.08. The predicted octanol–water partition coefficient (Wildman–Crippen LogP) is 1.26. The van der Waals surface area contributed by atoms with Gasteiger partial charge in [-0.15, -0.1) is 0 Å². The molecule has 0 amide bonds. The number of hydrogen-bond donors (Lipinski definition) is 2. The second-order valence-corrected chi connectivity index (χ2v) is 4.11. The van der Waals surface area contributed by atoms with Crippen LogP contribution in [0.15, 0.2) is 18.2 Å². The van der Waals surface area contributed by atoms with E-state index >= 15 is 0 Å². The molecule has 4 heteroatoms. The molecule has 3 N–H and O–H groups in total. The summed E-state index contributed by atoms with van der Waals surface area (Å²) < 4.78 is 1.93. The summed E-state index contributed by atoms with van der Waals surface area (Å²) in [7, 11) is 1.92. The maximum Gasteiger partial charge on any atom is 0.138 e. The molecule has 1 unspecified atom stereocenters. The average Bonchev–Trinajstić information content (AvgIpc) is 2.56. The van der Waals surface area contributed by atoms with Crippen molar-refractivity contribution in [2.75, 3.05) is 6.54 Å². The minimum atomic E-state index is -0.581. The molecule has 0 aliphatic heterocycles. The Bertz CT molecular complexity index is 504. The van der Waals surface area contributed by atoms with Crippen LogP contribution in [0, 0.1) is 6.92 Å². The van der Waals surface area contributed by atoms with Crippen LogP contribution in [0.1, 0.15) is 23.9 Å². The Kier molecular flexibility index (Phi) is 2.94. The Morgan fingerprint density at radius 2 is 2.25 bits per heavy atom. The zero-order valence-electron chi connectivity index (χ0n) is 9.64. The fourth-order valence-electron chi connectivity index (χ4n) is 1.91. The number of fused-ring (bicyclic) bond motifs is 1. The van der Waals surface area contributed by atoms with Gasteiger partial charge in [0.25, 0.3) is 0 Å². The highest BCUT2D eigenvalue weighted by molar-refractivity contribution is 5.76. The number of rotatable bonds is 3. The van der Waals surface area contributed by atoms with E-state index in [2.05, 4.69) is 4.98 Å². The molecule has 1 atom stereocenters. The van der Waals surface area contributed by atoms with Gasteiger partial charge in [0, 0.05) is 7.05 Å². The number of benzene rings is 1. The zero-order valence-corrected chi connectivity index (χ0v) is 9.64. The van der Waals surface area contributed by atoms with E-state index in [4.69, 9.17) is 5.73 Å². The van der Waals surface area contributed by atoms with E-state index in [-0.39, 0.29) is 0 Å². The third kappa shape index (κ3) is 1.81. The first-order valence-electron chi connectivity index (χ1n) is 5.44. The van der Waals surface area contributed by atoms with E-state index in [0.717, 1.165) is 11.0 Å². The molecule has 0 saturated carbocycles. The van der Waals surface area contributed by atoms with Gasteiger partial charge in [0.2, 0.25) is 0 Å². The lowest BCUT2D eigenvalue weighted by molar-refractivity contribution is 0.157. The van der Waals surface area contributed by atoms with Crippen LogP contribution in [0.3, 0.4) is 0 Å². The fraction of sp³-hybridized carbons (Fsp3) is 0.417. The van der Waals surface area contributed by atoms with Gasteiger partial charge in [-0.3, -0.25) is 0 Å². The summed E-state index contributed by atoms with van der Waals surface area (Å²) in [5, 5.41) is 9.91. The summed E-state index contributed by atoms with van der Waals surface area (Å²) in [6.07, 6.45) is -0.0430. The number of imidazole rings is 1. The van der Waals surface area contributed by atoms with Gasteiger partial charge in [0.15, 0.2) is 0 Å². The number of aromatic nitrogens is 2. The molecule has 2 rings (SSSR count). The average molecular weight is 219 g/mol. The third-order valence-electron chi connectivity index (χ3n) is 2.81. The molecule has 1 aromatic carbocycles. The smallest absolute Gasteiger partial charge is 0.138 e. The summed E-state index contributed by atoms with van der Waals surface area (Å²) in [5.41, 5.74) is 8.57. The Morgan fingerprint density at radius 1 is 1.50 bits per heavy atom. The maximum absolute atomic E-state index is 9.91. The number of aliphatic hydroxyl groups excluding tert-OH is 1. The molecule has 0 radical (unpaired) electrons. The Hall–Kier alpha value is -1.39. The van der Waals surface area contributed by atoms with Crippen LogP contribution in [0.25, 0.3) is 11.0 Å². The molecule has 1 heterocycles. The molecule has 0 spiro atoms. The summed E-state index contributed by atoms with van der Waals surface area (Å²) in [6.45, 7) is 2.49. The molecule has 0 aliphatic rings. The van der Waals surface area contributed by atoms with Crippen molar-refractivity contribution < 1.29 is 5.11 Å². The van der Waals surface area contributed by atoms with Gasteiger partial charge in [0.1, 0.15) is 11.9 Å². The highest BCUT2D eigenvalue weighted by Gasteiger charge is 2.15. The monoisotopic (exact) mass is 219 g/mol. The van der Waals surface area contributed by atoms with E-state index in [9.17, 15) is 5.11 Å². The van der Waals surface area contributed by atoms with Crippen LogP contribution in [-0.2, 0) is 7.05 Å². The molecular weight excluding hydrogens is 202 g/mol. The lowest BCUT2D eigenvalue weighted by atomic mass is 10.2. The van der Waals surface area contributed by atoms with Gasteiger partial charge in [-0.2, -0.15) is 0 Å². The summed E-state index contributed by atoms with van der Waals surface area (Å²) in [4.78, 5) is 4.45. The predicted molar refractivity (Wildman–Crippen MR) is 64.1 cm³/mol. The molecule has 0 bridgehead atoms. The van der Waals surface area contributed by atoms with Crippen LogP contribution in [0.2, 0.25) is 0 Å². The molecule has 2 aromatic rings. The van der Waals surface area contributed by atoms with Crippen molar-refractivity contribution in [3.8, 4) is 0 Å². The van der Waals surface area contributed by atoms with E-state index in [1.54, 1.807) is 0 Å². The van der Waals surface area contributed by atoms with Gasteiger partial charge in [-0.1, -0.05) is 6.07 Å². The Labute approximate surface area is 94.7 Å². The van der Waals surface area contributed by atoms with Crippen LogP contribution < -0.4 is 5.73 Å². The second kappa shape index (κ2) is 4.23. The SMILES string of the molecule is Cc1ccc2c(c1)nc(C(O)CCN)n2C. The van der Waals surface area contributed by atoms with Crippen molar-refractivity contribution in [2.45, 2.75) is 19.4 Å². The molecule has 4 nitrogen and oxygen atoms in total. The molecule has 1 aromatic heterocycles. The lowest BCUT2D eigenvalue weighted by Crippen LogP contribution is -2.10. The van der Waals surface area contributed by atoms with E-state index < -0.39 is 6.10 Å². The topological polar surface area (TPSA) is 64.1 Å². The van der Waals surface area contributed by atoms with Crippen molar-refractivity contribution in [2.24, 2.45) is 12.8 Å². The Balaban J connectivity index is 2.51. The maximum atomic E-state index is 9.91. The highest BCUT2D eigenvalue weighted by Crippen LogP contribution is 2.21. The first-order chi connectivity index (χ1) is 7.63. The van der Waals surface area contributed by atoms with Crippen molar-refractivity contribution in [1.29, 1.82) is 0 Å². The Morgan fingerprint density at radius 3 is 2.94 bits per heavy atom. The third-order valence-corrected chi connectivity index (χ3v) is 2.81. The summed E-state index contributed by atoms with van der Waals surface area (Å²) in [5.74, 6) is 0.686. The van der Waals surface area contributed by atoms with Gasteiger partial charge in [-0.25, -0.2) is 4.98 Å². The number of hydrogen-bond acceptors (Lipinski definition) is 3. The van der Waals surface area contributed by atoms with Crippen molar-refractivity contribution in [3.63, 3.8) is 0 Å². The minimum absolute atomic E-state index is 0.462. The van der Waals surface area contributed by atoms with Crippen LogP contribution in [0.4, 0.5) is 0 Å². The quantitative estimate of drug-likeness (QED) is 0.817. The van der Waals surface area contributed by atoms with Crippen LogP contribution >= 0.6 is 0 Å². The zero-order chi connectivity index (χ0) is 11.7. The first-order valence-corrected chi connectivity index (χ1v) is 5.44.